The number of fused-ring (bicyclic) bond motifs is 2. The maximum Gasteiger partial charge on any atom is 0.296 e. The summed E-state index contributed by atoms with van der Waals surface area (Å²) in [6.45, 7) is 6.00. The van der Waals surface area contributed by atoms with Gasteiger partial charge in [0, 0.05) is 30.7 Å². The summed E-state index contributed by atoms with van der Waals surface area (Å²) in [5.74, 6) is -0.409. The van der Waals surface area contributed by atoms with Gasteiger partial charge in [0.1, 0.15) is 5.52 Å². The van der Waals surface area contributed by atoms with E-state index < -0.39 is 5.82 Å². The van der Waals surface area contributed by atoms with Gasteiger partial charge in [0.05, 0.1) is 17.6 Å². The number of imidazole rings is 1. The molecule has 1 aliphatic heterocycles. The van der Waals surface area contributed by atoms with Crippen molar-refractivity contribution in [2.75, 3.05) is 18.4 Å². The van der Waals surface area contributed by atoms with Gasteiger partial charge < -0.3 is 9.73 Å². The van der Waals surface area contributed by atoms with Gasteiger partial charge >= 0.3 is 0 Å². The first-order valence-corrected chi connectivity index (χ1v) is 11.0. The van der Waals surface area contributed by atoms with Gasteiger partial charge in [-0.05, 0) is 56.9 Å². The van der Waals surface area contributed by atoms with Crippen LogP contribution in [0, 0.1) is 19.7 Å². The van der Waals surface area contributed by atoms with E-state index in [1.165, 1.54) is 25.3 Å². The van der Waals surface area contributed by atoms with E-state index in [0.29, 0.717) is 22.9 Å². The van der Waals surface area contributed by atoms with Gasteiger partial charge in [-0.1, -0.05) is 6.42 Å². The molecule has 2 aliphatic rings. The Morgan fingerprint density at radius 1 is 1.13 bits per heavy atom. The van der Waals surface area contributed by atoms with Gasteiger partial charge in [0.2, 0.25) is 0 Å². The molecule has 7 nitrogen and oxygen atoms in total. The molecule has 0 bridgehead atoms. The number of likely N-dealkylation sites (tertiary alicyclic amines) is 1. The van der Waals surface area contributed by atoms with E-state index in [2.05, 4.69) is 25.3 Å². The van der Waals surface area contributed by atoms with E-state index in [0.717, 1.165) is 42.5 Å². The Hall–Kier alpha value is -3.00. The summed E-state index contributed by atoms with van der Waals surface area (Å²) in [5, 5.41) is 7.98. The molecule has 1 aromatic carbocycles. The molecule has 3 aromatic heterocycles. The maximum absolute atomic E-state index is 14.9. The Balaban J connectivity index is 1.29. The summed E-state index contributed by atoms with van der Waals surface area (Å²) in [5.41, 5.74) is 4.67. The van der Waals surface area contributed by atoms with Gasteiger partial charge in [-0.3, -0.25) is 4.90 Å². The van der Waals surface area contributed by atoms with Crippen LogP contribution in [0.15, 0.2) is 28.8 Å². The number of hydrogen-bond donors (Lipinski definition) is 1. The van der Waals surface area contributed by atoms with Gasteiger partial charge in [0.25, 0.3) is 6.01 Å². The van der Waals surface area contributed by atoms with Crippen molar-refractivity contribution in [3.8, 4) is 11.3 Å². The van der Waals surface area contributed by atoms with Crippen molar-refractivity contribution < 1.29 is 8.81 Å². The second-order valence-corrected chi connectivity index (χ2v) is 8.90. The zero-order valence-corrected chi connectivity index (χ0v) is 17.7. The van der Waals surface area contributed by atoms with Crippen LogP contribution in [0.1, 0.15) is 36.9 Å². The normalized spacial score (nSPS) is 20.0. The fourth-order valence-electron chi connectivity index (χ4n) is 4.75. The number of oxazole rings is 1. The van der Waals surface area contributed by atoms with E-state index in [4.69, 9.17) is 4.42 Å². The second kappa shape index (κ2) is 7.02. The van der Waals surface area contributed by atoms with Gasteiger partial charge in [-0.2, -0.15) is 10.1 Å². The second-order valence-electron chi connectivity index (χ2n) is 8.90. The predicted octanol–water partition coefficient (Wildman–Crippen LogP) is 4.33. The third kappa shape index (κ3) is 3.26. The first-order chi connectivity index (χ1) is 15.0. The van der Waals surface area contributed by atoms with Crippen LogP contribution in [0.25, 0.3) is 28.0 Å². The molecule has 1 saturated heterocycles. The number of aromatic nitrogens is 4. The van der Waals surface area contributed by atoms with Crippen molar-refractivity contribution >= 4 is 22.8 Å². The third-order valence-corrected chi connectivity index (χ3v) is 6.61. The molecule has 8 heteroatoms. The summed E-state index contributed by atoms with van der Waals surface area (Å²) >= 11 is 0. The quantitative estimate of drug-likeness (QED) is 0.530. The monoisotopic (exact) mass is 420 g/mol. The van der Waals surface area contributed by atoms with Crippen molar-refractivity contribution in [3.05, 3.63) is 41.5 Å². The lowest BCUT2D eigenvalue weighted by Crippen LogP contribution is -2.39. The zero-order valence-electron chi connectivity index (χ0n) is 17.7. The van der Waals surface area contributed by atoms with Crippen LogP contribution in [0.2, 0.25) is 0 Å². The molecule has 6 rings (SSSR count). The molecule has 4 heterocycles. The van der Waals surface area contributed by atoms with Crippen LogP contribution in [0.5, 0.6) is 0 Å². The van der Waals surface area contributed by atoms with Gasteiger partial charge in [-0.15, -0.1) is 0 Å². The van der Waals surface area contributed by atoms with Crippen LogP contribution in [-0.2, 0) is 0 Å². The highest BCUT2D eigenvalue weighted by Crippen LogP contribution is 2.31. The first-order valence-electron chi connectivity index (χ1n) is 11.0. The summed E-state index contributed by atoms with van der Waals surface area (Å²) in [4.78, 5) is 11.4. The number of aryl methyl sites for hydroxylation is 2. The smallest absolute Gasteiger partial charge is 0.296 e. The zero-order chi connectivity index (χ0) is 21.1. The average molecular weight is 420 g/mol. The highest BCUT2D eigenvalue weighted by molar-refractivity contribution is 5.81. The van der Waals surface area contributed by atoms with E-state index in [1.54, 1.807) is 4.52 Å². The van der Waals surface area contributed by atoms with Gasteiger partial charge in [-0.25, -0.2) is 13.9 Å². The minimum absolute atomic E-state index is 0.247. The Morgan fingerprint density at radius 2 is 2.00 bits per heavy atom. The van der Waals surface area contributed by atoms with Crippen molar-refractivity contribution in [1.82, 2.24) is 24.5 Å². The van der Waals surface area contributed by atoms with Crippen LogP contribution in [-0.4, -0.2) is 49.7 Å². The topological polar surface area (TPSA) is 71.5 Å². The summed E-state index contributed by atoms with van der Waals surface area (Å²) in [6, 6.07) is 6.61. The molecule has 1 atom stereocenters. The van der Waals surface area contributed by atoms with Gasteiger partial charge in [0.15, 0.2) is 17.0 Å². The molecule has 4 aromatic rings. The minimum atomic E-state index is -0.409. The molecule has 1 aliphatic carbocycles. The lowest BCUT2D eigenvalue weighted by molar-refractivity contribution is 0.158. The van der Waals surface area contributed by atoms with E-state index >= 15 is 0 Å². The molecule has 1 saturated carbocycles. The molecule has 2 fully saturated rings. The number of halogens is 1. The van der Waals surface area contributed by atoms with Crippen LogP contribution in [0.3, 0.4) is 0 Å². The largest absolute Gasteiger partial charge is 0.423 e. The molecule has 0 amide bonds. The fourth-order valence-corrected chi connectivity index (χ4v) is 4.75. The summed E-state index contributed by atoms with van der Waals surface area (Å²) < 4.78 is 22.5. The first kappa shape index (κ1) is 18.7. The molecule has 1 N–H and O–H groups in total. The van der Waals surface area contributed by atoms with E-state index in [9.17, 15) is 4.39 Å². The van der Waals surface area contributed by atoms with Crippen molar-refractivity contribution in [2.45, 2.75) is 51.6 Å². The molecule has 0 spiro atoms. The maximum atomic E-state index is 14.9. The Bertz CT molecular complexity index is 1290. The van der Waals surface area contributed by atoms with Crippen molar-refractivity contribution in [3.63, 3.8) is 0 Å². The Morgan fingerprint density at radius 3 is 2.81 bits per heavy atom. The number of hydrogen-bond acceptors (Lipinski definition) is 6. The van der Waals surface area contributed by atoms with Crippen LogP contribution in [0.4, 0.5) is 10.4 Å². The number of nitrogens with zero attached hydrogens (tertiary/aromatic N) is 5. The number of rotatable bonds is 4. The average Bonchev–Trinajstić information content (AvgIpc) is 3.39. The third-order valence-electron chi connectivity index (χ3n) is 6.61. The number of nitrogens with one attached hydrogen (secondary N) is 1. The minimum Gasteiger partial charge on any atom is -0.423 e. The lowest BCUT2D eigenvalue weighted by Gasteiger charge is -2.34. The molecular formula is C23H25FN6O. The molecule has 31 heavy (non-hydrogen) atoms. The standard InChI is InChI=1S/C23H25FN6O/c1-13-8-19(28-30-11-14(2)25-22(13)30)15-9-18(24)21-20(10-15)31-23(27-21)26-16-6-7-29(12-16)17-4-3-5-17/h8-11,16-17H,3-7,12H2,1-2H3,(H,26,27). The fraction of sp³-hybridized carbons (Fsp3) is 0.435. The Kier molecular flexibility index (Phi) is 4.24. The van der Waals surface area contributed by atoms with E-state index in [1.807, 2.05) is 32.2 Å². The van der Waals surface area contributed by atoms with Crippen LogP contribution >= 0.6 is 0 Å². The molecule has 160 valence electrons. The van der Waals surface area contributed by atoms with Crippen LogP contribution < -0.4 is 5.32 Å². The summed E-state index contributed by atoms with van der Waals surface area (Å²) in [6.07, 6.45) is 6.87. The Labute approximate surface area is 179 Å². The SMILES string of the molecule is Cc1cn2nc(-c3cc(F)c4nc(NC5CCN(C6CCC6)C5)oc4c3)cc(C)c2n1. The summed E-state index contributed by atoms with van der Waals surface area (Å²) in [7, 11) is 0. The van der Waals surface area contributed by atoms with E-state index in [-0.39, 0.29) is 11.6 Å². The highest BCUT2D eigenvalue weighted by Gasteiger charge is 2.32. The van der Waals surface area contributed by atoms with Crippen molar-refractivity contribution in [1.29, 1.82) is 0 Å². The predicted molar refractivity (Wildman–Crippen MR) is 117 cm³/mol. The number of anilines is 1. The highest BCUT2D eigenvalue weighted by atomic mass is 19.1. The lowest BCUT2D eigenvalue weighted by atomic mass is 9.92. The number of benzene rings is 1. The van der Waals surface area contributed by atoms with Crippen molar-refractivity contribution in [2.24, 2.45) is 0 Å². The molecule has 0 radical (unpaired) electrons. The molecule has 1 unspecified atom stereocenters. The molecular weight excluding hydrogens is 395 g/mol.